The Hall–Kier alpha value is -3.66. The van der Waals surface area contributed by atoms with Gasteiger partial charge in [0.2, 0.25) is 0 Å². The summed E-state index contributed by atoms with van der Waals surface area (Å²) in [7, 11) is 0. The third kappa shape index (κ3) is 7.75. The van der Waals surface area contributed by atoms with E-state index in [2.05, 4.69) is 15.6 Å². The van der Waals surface area contributed by atoms with Crippen molar-refractivity contribution in [2.75, 3.05) is 26.2 Å². The largest absolute Gasteiger partial charge is 0.491 e. The van der Waals surface area contributed by atoms with Crippen LogP contribution in [0.4, 0.5) is 13.2 Å². The van der Waals surface area contributed by atoms with Gasteiger partial charge < -0.3 is 25.2 Å². The van der Waals surface area contributed by atoms with Crippen molar-refractivity contribution < 1.29 is 27.8 Å². The van der Waals surface area contributed by atoms with E-state index < -0.39 is 17.8 Å². The van der Waals surface area contributed by atoms with Crippen LogP contribution in [0.15, 0.2) is 85.1 Å². The molecule has 1 aromatic heterocycles. The number of aliphatic hydroxyl groups is 1. The lowest BCUT2D eigenvalue weighted by Crippen LogP contribution is -2.40. The Kier molecular flexibility index (Phi) is 9.38. The van der Waals surface area contributed by atoms with Crippen molar-refractivity contribution in [1.29, 1.82) is 0 Å². The van der Waals surface area contributed by atoms with E-state index in [0.29, 0.717) is 23.3 Å². The number of alkyl halides is 3. The molecular weight excluding hydrogens is 531 g/mol. The molecule has 41 heavy (non-hydrogen) atoms. The smallest absolute Gasteiger partial charge is 0.416 e. The first kappa shape index (κ1) is 28.9. The fraction of sp³-hybridized carbons (Fsp3) is 0.344. The maximum absolute atomic E-state index is 13.3. The molecule has 0 spiro atoms. The van der Waals surface area contributed by atoms with Crippen molar-refractivity contribution in [3.63, 3.8) is 0 Å². The fourth-order valence-electron chi connectivity index (χ4n) is 5.21. The first-order chi connectivity index (χ1) is 19.9. The molecule has 0 amide bonds. The Morgan fingerprint density at radius 1 is 0.927 bits per heavy atom. The van der Waals surface area contributed by atoms with E-state index >= 15 is 0 Å². The number of benzene rings is 3. The van der Waals surface area contributed by atoms with Gasteiger partial charge in [-0.2, -0.15) is 13.2 Å². The van der Waals surface area contributed by atoms with Crippen LogP contribution in [0.25, 0.3) is 10.9 Å². The highest BCUT2D eigenvalue weighted by Gasteiger charge is 2.32. The molecule has 1 unspecified atom stereocenters. The quantitative estimate of drug-likeness (QED) is 0.210. The number of piperidine rings is 1. The standard InChI is InChI=1S/C32H34F3N3O3/c33-32(34,35)24-6-11-28-29(14-17-37-30(28)18-24)31(23-12-15-36-16-13-23)38-19-25(39)21-41-27-9-7-26(8-10-27)40-20-22-4-2-1-3-5-22/h1-11,14,17-18,23,25,31,36,38-39H,12-13,15-16,19-21H2/t25-,31?/m0/s1. The molecule has 3 aromatic carbocycles. The summed E-state index contributed by atoms with van der Waals surface area (Å²) in [4.78, 5) is 4.22. The Morgan fingerprint density at radius 3 is 2.34 bits per heavy atom. The lowest BCUT2D eigenvalue weighted by Gasteiger charge is -2.33. The van der Waals surface area contributed by atoms with Gasteiger partial charge in [-0.05, 0) is 85.4 Å². The van der Waals surface area contributed by atoms with Crippen molar-refractivity contribution in [3.05, 3.63) is 102 Å². The zero-order chi connectivity index (χ0) is 28.7. The number of pyridine rings is 1. The average molecular weight is 566 g/mol. The van der Waals surface area contributed by atoms with E-state index in [1.807, 2.05) is 48.5 Å². The molecule has 4 aromatic rings. The molecule has 2 atom stereocenters. The van der Waals surface area contributed by atoms with E-state index in [1.54, 1.807) is 18.3 Å². The van der Waals surface area contributed by atoms with Crippen LogP contribution in [0.3, 0.4) is 0 Å². The van der Waals surface area contributed by atoms with E-state index in [-0.39, 0.29) is 25.1 Å². The van der Waals surface area contributed by atoms with E-state index in [0.717, 1.165) is 54.9 Å². The van der Waals surface area contributed by atoms with Crippen molar-refractivity contribution in [2.24, 2.45) is 5.92 Å². The summed E-state index contributed by atoms with van der Waals surface area (Å²) in [6, 6.07) is 22.6. The van der Waals surface area contributed by atoms with E-state index in [1.165, 1.54) is 6.07 Å². The first-order valence-electron chi connectivity index (χ1n) is 13.8. The number of nitrogens with one attached hydrogen (secondary N) is 2. The highest BCUT2D eigenvalue weighted by Crippen LogP contribution is 2.36. The van der Waals surface area contributed by atoms with Crippen molar-refractivity contribution in [1.82, 2.24) is 15.6 Å². The van der Waals surface area contributed by atoms with Gasteiger partial charge in [-0.1, -0.05) is 36.4 Å². The number of aromatic nitrogens is 1. The Labute approximate surface area is 237 Å². The normalized spacial score (nSPS) is 15.9. The molecule has 0 aliphatic carbocycles. The molecule has 1 fully saturated rings. The first-order valence-corrected chi connectivity index (χ1v) is 13.8. The second-order valence-electron chi connectivity index (χ2n) is 10.3. The van der Waals surface area contributed by atoms with Crippen LogP contribution in [0.1, 0.15) is 35.6 Å². The number of hydrogen-bond acceptors (Lipinski definition) is 6. The number of rotatable bonds is 11. The van der Waals surface area contributed by atoms with Gasteiger partial charge in [0.05, 0.1) is 11.1 Å². The zero-order valence-electron chi connectivity index (χ0n) is 22.6. The third-order valence-electron chi connectivity index (χ3n) is 7.38. The van der Waals surface area contributed by atoms with Crippen LogP contribution < -0.4 is 20.1 Å². The van der Waals surface area contributed by atoms with Crippen LogP contribution in [-0.2, 0) is 12.8 Å². The lowest BCUT2D eigenvalue weighted by molar-refractivity contribution is -0.137. The van der Waals surface area contributed by atoms with Gasteiger partial charge >= 0.3 is 6.18 Å². The summed E-state index contributed by atoms with van der Waals surface area (Å²) >= 11 is 0. The Balaban J connectivity index is 1.21. The molecule has 216 valence electrons. The number of nitrogens with zero attached hydrogens (tertiary/aromatic N) is 1. The third-order valence-corrected chi connectivity index (χ3v) is 7.38. The van der Waals surface area contributed by atoms with Crippen LogP contribution in [0.5, 0.6) is 11.5 Å². The van der Waals surface area contributed by atoms with Crippen molar-refractivity contribution in [3.8, 4) is 11.5 Å². The summed E-state index contributed by atoms with van der Waals surface area (Å²) in [5.74, 6) is 1.59. The molecule has 5 rings (SSSR count). The summed E-state index contributed by atoms with van der Waals surface area (Å²) in [5, 5.41) is 18.3. The van der Waals surface area contributed by atoms with Crippen molar-refractivity contribution >= 4 is 10.9 Å². The summed E-state index contributed by atoms with van der Waals surface area (Å²) in [6.07, 6.45) is -1.85. The monoisotopic (exact) mass is 565 g/mol. The molecule has 1 aliphatic heterocycles. The molecule has 2 heterocycles. The molecule has 1 saturated heterocycles. The minimum absolute atomic E-state index is 0.0855. The van der Waals surface area contributed by atoms with Gasteiger partial charge in [0.25, 0.3) is 0 Å². The molecule has 0 bridgehead atoms. The summed E-state index contributed by atoms with van der Waals surface area (Å²) in [5.41, 5.74) is 1.55. The summed E-state index contributed by atoms with van der Waals surface area (Å²) < 4.78 is 51.5. The Morgan fingerprint density at radius 2 is 1.63 bits per heavy atom. The highest BCUT2D eigenvalue weighted by molar-refractivity contribution is 5.83. The highest BCUT2D eigenvalue weighted by atomic mass is 19.4. The molecule has 9 heteroatoms. The molecule has 6 nitrogen and oxygen atoms in total. The van der Waals surface area contributed by atoms with E-state index in [4.69, 9.17) is 9.47 Å². The molecule has 0 saturated carbocycles. The fourth-order valence-corrected chi connectivity index (χ4v) is 5.21. The number of halogens is 3. The number of ether oxygens (including phenoxy) is 2. The van der Waals surface area contributed by atoms with E-state index in [9.17, 15) is 18.3 Å². The molecule has 1 aliphatic rings. The maximum atomic E-state index is 13.3. The minimum atomic E-state index is -4.43. The second kappa shape index (κ2) is 13.3. The molecule has 0 radical (unpaired) electrons. The van der Waals surface area contributed by atoms with Gasteiger partial charge in [-0.25, -0.2) is 0 Å². The van der Waals surface area contributed by atoms with Gasteiger partial charge in [0.15, 0.2) is 0 Å². The van der Waals surface area contributed by atoms with Crippen LogP contribution in [0.2, 0.25) is 0 Å². The molecule has 3 N–H and O–H groups in total. The van der Waals surface area contributed by atoms with Gasteiger partial charge in [0, 0.05) is 24.2 Å². The summed E-state index contributed by atoms with van der Waals surface area (Å²) in [6.45, 7) is 2.54. The minimum Gasteiger partial charge on any atom is -0.491 e. The topological polar surface area (TPSA) is 75.6 Å². The average Bonchev–Trinajstić information content (AvgIpc) is 3.00. The predicted molar refractivity (Wildman–Crippen MR) is 152 cm³/mol. The van der Waals surface area contributed by atoms with Crippen LogP contribution >= 0.6 is 0 Å². The Bertz CT molecular complexity index is 1390. The van der Waals surface area contributed by atoms with Crippen LogP contribution in [0, 0.1) is 5.92 Å². The van der Waals surface area contributed by atoms with Gasteiger partial charge in [-0.15, -0.1) is 0 Å². The zero-order valence-corrected chi connectivity index (χ0v) is 22.6. The van der Waals surface area contributed by atoms with Crippen LogP contribution in [-0.4, -0.2) is 42.4 Å². The second-order valence-corrected chi connectivity index (χ2v) is 10.3. The SMILES string of the molecule is O[C@@H](CNC(c1ccnc2cc(C(F)(F)F)ccc12)C1CCNCC1)COc1ccc(OCc2ccccc2)cc1. The lowest BCUT2D eigenvalue weighted by atomic mass is 9.84. The maximum Gasteiger partial charge on any atom is 0.416 e. The predicted octanol–water partition coefficient (Wildman–Crippen LogP) is 5.90. The van der Waals surface area contributed by atoms with Gasteiger partial charge in [-0.3, -0.25) is 4.98 Å². The molecular formula is C32H34F3N3O3. The number of fused-ring (bicyclic) bond motifs is 1. The number of hydrogen-bond donors (Lipinski definition) is 3. The van der Waals surface area contributed by atoms with Crippen molar-refractivity contribution in [2.45, 2.75) is 37.8 Å². The number of aliphatic hydroxyl groups excluding tert-OH is 1. The van der Waals surface area contributed by atoms with Gasteiger partial charge in [0.1, 0.15) is 30.8 Å².